The molecule has 1 fully saturated rings. The van der Waals surface area contributed by atoms with Gasteiger partial charge in [0.25, 0.3) is 0 Å². The lowest BCUT2D eigenvalue weighted by Crippen LogP contribution is -2.52. The molecule has 140 valence electrons. The van der Waals surface area contributed by atoms with Crippen LogP contribution in [-0.2, 0) is 18.7 Å². The molecule has 0 aromatic heterocycles. The highest BCUT2D eigenvalue weighted by Gasteiger charge is 2.59. The third-order valence-corrected chi connectivity index (χ3v) is 6.96. The molecule has 0 aliphatic carbocycles. The molecule has 0 radical (unpaired) electrons. The minimum absolute atomic E-state index is 0.364. The summed E-state index contributed by atoms with van der Waals surface area (Å²) in [6.45, 7) is 0.0434. The van der Waals surface area contributed by atoms with Crippen molar-refractivity contribution >= 4 is 27.1 Å². The summed E-state index contributed by atoms with van der Waals surface area (Å²) in [6, 6.07) is 0. The Balaban J connectivity index is 3.30. The molecule has 1 aliphatic rings. The number of carboxylic acids is 2. The van der Waals surface area contributed by atoms with E-state index in [2.05, 4.69) is 0 Å². The van der Waals surface area contributed by atoms with Gasteiger partial charge in [-0.25, -0.2) is 0 Å². The second kappa shape index (κ2) is 7.61. The number of piperidine rings is 1. The van der Waals surface area contributed by atoms with Crippen LogP contribution in [0.1, 0.15) is 25.7 Å². The molecule has 6 N–H and O–H groups in total. The molecule has 0 saturated carbocycles. The van der Waals surface area contributed by atoms with Gasteiger partial charge in [-0.2, -0.15) is 0 Å². The van der Waals surface area contributed by atoms with Crippen LogP contribution < -0.4 is 0 Å². The zero-order chi connectivity index (χ0) is 18.8. The largest absolute Gasteiger partial charge is 0.481 e. The smallest absolute Gasteiger partial charge is 0.344 e. The van der Waals surface area contributed by atoms with Crippen molar-refractivity contribution in [3.63, 3.8) is 0 Å². The summed E-state index contributed by atoms with van der Waals surface area (Å²) in [5.74, 6) is -4.00. The van der Waals surface area contributed by atoms with Gasteiger partial charge in [0.15, 0.2) is 10.8 Å². The first-order chi connectivity index (χ1) is 10.8. The molecule has 0 spiro atoms. The number of hydrogen-bond donors (Lipinski definition) is 6. The lowest BCUT2D eigenvalue weighted by molar-refractivity contribution is -0.142. The molecule has 13 heteroatoms. The summed E-state index contributed by atoms with van der Waals surface area (Å²) in [6.07, 6.45) is 0.852. The van der Waals surface area contributed by atoms with Crippen LogP contribution in [0.3, 0.4) is 0 Å². The monoisotopic (exact) mass is 389 g/mol. The zero-order valence-corrected chi connectivity index (χ0v) is 14.5. The molecule has 24 heavy (non-hydrogen) atoms. The van der Waals surface area contributed by atoms with Gasteiger partial charge in [0.2, 0.25) is 0 Å². The highest BCUT2D eigenvalue weighted by molar-refractivity contribution is 7.55. The van der Waals surface area contributed by atoms with Gasteiger partial charge in [-0.15, -0.1) is 0 Å². The van der Waals surface area contributed by atoms with Crippen LogP contribution in [0.2, 0.25) is 0 Å². The third-order valence-electron chi connectivity index (χ3n) is 4.11. The van der Waals surface area contributed by atoms with Crippen molar-refractivity contribution in [2.45, 2.75) is 36.5 Å². The molecule has 1 rings (SSSR count). The maximum absolute atomic E-state index is 11.9. The Bertz CT molecular complexity index is 577. The number of carboxylic acid groups (broad SMARTS) is 2. The molecular weight excluding hydrogens is 368 g/mol. The number of likely N-dealkylation sites (tertiary alicyclic amines) is 1. The zero-order valence-electron chi connectivity index (χ0n) is 12.7. The van der Waals surface area contributed by atoms with Gasteiger partial charge < -0.3 is 34.7 Å². The normalized spacial score (nSPS) is 21.0. The third kappa shape index (κ3) is 4.86. The van der Waals surface area contributed by atoms with Crippen molar-refractivity contribution in [3.05, 3.63) is 0 Å². The molecule has 0 bridgehead atoms. The topological polar surface area (TPSA) is 193 Å². The summed E-state index contributed by atoms with van der Waals surface area (Å²) < 4.78 is 23.2. The summed E-state index contributed by atoms with van der Waals surface area (Å²) in [7, 11) is -10.8. The standard InChI is InChI=1S/C11H21NO10P2/c13-9(14)8(23(17,18)19)6-11(10(15)16,24(20,21)22)7-12-4-2-1-3-5-12/h8H,1-7H2,(H,13,14)(H,15,16)(H2,17,18,19)(H2,20,21,22). The Morgan fingerprint density at radius 1 is 1.00 bits per heavy atom. The Hall–Kier alpha value is -0.800. The Kier molecular flexibility index (Phi) is 6.74. The Morgan fingerprint density at radius 3 is 1.83 bits per heavy atom. The van der Waals surface area contributed by atoms with E-state index in [1.54, 1.807) is 0 Å². The molecule has 1 aliphatic heterocycles. The van der Waals surface area contributed by atoms with Crippen molar-refractivity contribution in [1.29, 1.82) is 0 Å². The fourth-order valence-corrected chi connectivity index (χ4v) is 4.75. The van der Waals surface area contributed by atoms with E-state index in [0.29, 0.717) is 25.9 Å². The summed E-state index contributed by atoms with van der Waals surface area (Å²) in [4.78, 5) is 61.7. The first-order valence-electron chi connectivity index (χ1n) is 7.11. The maximum Gasteiger partial charge on any atom is 0.344 e. The van der Waals surface area contributed by atoms with E-state index in [1.165, 1.54) is 4.90 Å². The van der Waals surface area contributed by atoms with Crippen molar-refractivity contribution < 1.29 is 48.5 Å². The van der Waals surface area contributed by atoms with Gasteiger partial charge in [-0.1, -0.05) is 6.42 Å². The van der Waals surface area contributed by atoms with Crippen LogP contribution in [-0.4, -0.2) is 77.1 Å². The number of rotatable bonds is 8. The molecule has 2 unspecified atom stereocenters. The van der Waals surface area contributed by atoms with Crippen LogP contribution in [0.5, 0.6) is 0 Å². The average molecular weight is 389 g/mol. The minimum Gasteiger partial charge on any atom is -0.481 e. The van der Waals surface area contributed by atoms with E-state index >= 15 is 0 Å². The summed E-state index contributed by atoms with van der Waals surface area (Å²) in [5.41, 5.74) is -2.52. The first kappa shape index (κ1) is 21.2. The van der Waals surface area contributed by atoms with Crippen LogP contribution in [0.15, 0.2) is 0 Å². The average Bonchev–Trinajstić information content (AvgIpc) is 2.40. The van der Waals surface area contributed by atoms with Crippen LogP contribution in [0.4, 0.5) is 0 Å². The molecule has 0 aromatic carbocycles. The van der Waals surface area contributed by atoms with Crippen molar-refractivity contribution in [2.24, 2.45) is 0 Å². The van der Waals surface area contributed by atoms with E-state index in [9.17, 15) is 33.6 Å². The van der Waals surface area contributed by atoms with E-state index in [1.807, 2.05) is 0 Å². The molecule has 0 aromatic rings. The van der Waals surface area contributed by atoms with E-state index < -0.39 is 50.9 Å². The quantitative estimate of drug-likeness (QED) is 0.293. The number of hydrogen-bond acceptors (Lipinski definition) is 5. The maximum atomic E-state index is 11.9. The fraction of sp³-hybridized carbons (Fsp3) is 0.818. The SMILES string of the molecule is O=C(O)C(CC(CN1CCCCC1)(C(=O)O)P(=O)(O)O)P(=O)(O)O. The van der Waals surface area contributed by atoms with Crippen LogP contribution in [0, 0.1) is 0 Å². The predicted molar refractivity (Wildman–Crippen MR) is 80.8 cm³/mol. The predicted octanol–water partition coefficient (Wildman–Crippen LogP) is -0.506. The molecular formula is C11H21NO10P2. The molecule has 1 saturated heterocycles. The van der Waals surface area contributed by atoms with Crippen LogP contribution >= 0.6 is 15.2 Å². The number of nitrogens with zero attached hydrogens (tertiary/aromatic N) is 1. The lowest BCUT2D eigenvalue weighted by atomic mass is 9.99. The molecule has 11 nitrogen and oxygen atoms in total. The van der Waals surface area contributed by atoms with Gasteiger partial charge in [0.1, 0.15) is 0 Å². The van der Waals surface area contributed by atoms with Gasteiger partial charge in [0.05, 0.1) is 0 Å². The lowest BCUT2D eigenvalue weighted by Gasteiger charge is -2.38. The highest BCUT2D eigenvalue weighted by Crippen LogP contribution is 2.57. The summed E-state index contributed by atoms with van der Waals surface area (Å²) in [5, 5.41) is 15.5. The summed E-state index contributed by atoms with van der Waals surface area (Å²) >= 11 is 0. The van der Waals surface area contributed by atoms with Gasteiger partial charge >= 0.3 is 27.1 Å². The van der Waals surface area contributed by atoms with E-state index in [4.69, 9.17) is 14.9 Å². The van der Waals surface area contributed by atoms with Crippen molar-refractivity contribution in [3.8, 4) is 0 Å². The Labute approximate surface area is 137 Å². The van der Waals surface area contributed by atoms with Crippen molar-refractivity contribution in [1.82, 2.24) is 4.90 Å². The van der Waals surface area contributed by atoms with Gasteiger partial charge in [-0.05, 0) is 25.9 Å². The fourth-order valence-electron chi connectivity index (χ4n) is 2.71. The second-order valence-electron chi connectivity index (χ2n) is 5.86. The second-order valence-corrected chi connectivity index (χ2v) is 9.61. The first-order valence-corrected chi connectivity index (χ1v) is 10.4. The van der Waals surface area contributed by atoms with Crippen LogP contribution in [0.25, 0.3) is 0 Å². The van der Waals surface area contributed by atoms with E-state index in [-0.39, 0.29) is 0 Å². The molecule has 2 atom stereocenters. The molecule has 0 amide bonds. The highest BCUT2D eigenvalue weighted by atomic mass is 31.2. The minimum atomic E-state index is -5.44. The molecule has 1 heterocycles. The number of carbonyl (C=O) groups is 2. The van der Waals surface area contributed by atoms with E-state index in [0.717, 1.165) is 6.42 Å². The Morgan fingerprint density at radius 2 is 1.50 bits per heavy atom. The van der Waals surface area contributed by atoms with Crippen molar-refractivity contribution in [2.75, 3.05) is 19.6 Å². The van der Waals surface area contributed by atoms with Gasteiger partial charge in [0, 0.05) is 13.0 Å². The number of aliphatic carboxylic acids is 2. The van der Waals surface area contributed by atoms with Gasteiger partial charge in [-0.3, -0.25) is 18.7 Å².